The summed E-state index contributed by atoms with van der Waals surface area (Å²) < 4.78 is 1.51. The molecule has 6 nitrogen and oxygen atoms in total. The summed E-state index contributed by atoms with van der Waals surface area (Å²) in [4.78, 5) is 6.53. The van der Waals surface area contributed by atoms with Gasteiger partial charge in [0.2, 0.25) is 5.88 Å². The number of aromatic hydroxyl groups is 1. The average molecular weight is 331 g/mol. The zero-order valence-corrected chi connectivity index (χ0v) is 13.6. The van der Waals surface area contributed by atoms with Crippen molar-refractivity contribution in [1.82, 2.24) is 19.7 Å². The van der Waals surface area contributed by atoms with Gasteiger partial charge in [0.25, 0.3) is 0 Å². The highest BCUT2D eigenvalue weighted by atomic mass is 16.3. The predicted octanol–water partition coefficient (Wildman–Crippen LogP) is 2.40. The van der Waals surface area contributed by atoms with Crippen molar-refractivity contribution in [3.05, 3.63) is 71.0 Å². The molecule has 0 amide bonds. The van der Waals surface area contributed by atoms with Crippen molar-refractivity contribution in [2.24, 2.45) is 0 Å². The van der Waals surface area contributed by atoms with Gasteiger partial charge in [0.15, 0.2) is 5.82 Å². The van der Waals surface area contributed by atoms with Crippen LogP contribution in [0.2, 0.25) is 0 Å². The molecular weight excluding hydrogens is 314 g/mol. The molecular formula is C19H17N5O. The van der Waals surface area contributed by atoms with Gasteiger partial charge in [-0.05, 0) is 29.8 Å². The van der Waals surface area contributed by atoms with Crippen LogP contribution in [0.25, 0.3) is 5.82 Å². The first-order valence-electron chi connectivity index (χ1n) is 8.17. The molecule has 1 aliphatic heterocycles. The molecule has 6 heteroatoms. The van der Waals surface area contributed by atoms with E-state index in [1.165, 1.54) is 4.68 Å². The van der Waals surface area contributed by atoms with Crippen LogP contribution in [0.1, 0.15) is 22.4 Å². The molecule has 124 valence electrons. The van der Waals surface area contributed by atoms with Crippen LogP contribution in [0.15, 0.2) is 48.7 Å². The van der Waals surface area contributed by atoms with Gasteiger partial charge in [-0.15, -0.1) is 0 Å². The van der Waals surface area contributed by atoms with Crippen LogP contribution in [0.5, 0.6) is 5.88 Å². The molecule has 4 rings (SSSR count). The molecule has 0 saturated heterocycles. The van der Waals surface area contributed by atoms with Crippen molar-refractivity contribution in [1.29, 1.82) is 5.26 Å². The Labute approximate surface area is 145 Å². The first kappa shape index (κ1) is 15.4. The summed E-state index contributed by atoms with van der Waals surface area (Å²) in [6.07, 6.45) is 2.48. The third-order valence-electron chi connectivity index (χ3n) is 4.44. The Hall–Kier alpha value is -3.17. The molecule has 3 aromatic rings. The summed E-state index contributed by atoms with van der Waals surface area (Å²) >= 11 is 0. The molecule has 0 spiro atoms. The van der Waals surface area contributed by atoms with Crippen LogP contribution in [-0.2, 0) is 19.5 Å². The largest absolute Gasteiger partial charge is 0.493 e. The van der Waals surface area contributed by atoms with Gasteiger partial charge >= 0.3 is 0 Å². The summed E-state index contributed by atoms with van der Waals surface area (Å²) in [7, 11) is 0. The van der Waals surface area contributed by atoms with Crippen LogP contribution >= 0.6 is 0 Å². The maximum absolute atomic E-state index is 10.6. The highest BCUT2D eigenvalue weighted by molar-refractivity contribution is 5.38. The monoisotopic (exact) mass is 331 g/mol. The van der Waals surface area contributed by atoms with E-state index in [0.717, 1.165) is 36.3 Å². The SMILES string of the molecule is N#Cc1ccc(CN2CCc3nn(-c4ccccn4)c(O)c3C2)cc1. The minimum absolute atomic E-state index is 0.165. The van der Waals surface area contributed by atoms with Crippen molar-refractivity contribution in [3.8, 4) is 17.8 Å². The number of fused-ring (bicyclic) bond motifs is 1. The van der Waals surface area contributed by atoms with Gasteiger partial charge in [-0.25, -0.2) is 4.98 Å². The molecule has 1 N–H and O–H groups in total. The van der Waals surface area contributed by atoms with E-state index in [4.69, 9.17) is 5.26 Å². The maximum atomic E-state index is 10.6. The molecule has 2 aromatic heterocycles. The molecule has 0 aliphatic carbocycles. The van der Waals surface area contributed by atoms with E-state index < -0.39 is 0 Å². The third kappa shape index (κ3) is 2.97. The Kier molecular flexibility index (Phi) is 3.92. The molecule has 0 unspecified atom stereocenters. The molecule has 1 aliphatic rings. The summed E-state index contributed by atoms with van der Waals surface area (Å²) in [6, 6.07) is 15.3. The number of hydrogen-bond donors (Lipinski definition) is 1. The summed E-state index contributed by atoms with van der Waals surface area (Å²) in [6.45, 7) is 2.30. The molecule has 3 heterocycles. The van der Waals surface area contributed by atoms with E-state index in [2.05, 4.69) is 21.1 Å². The van der Waals surface area contributed by atoms with Gasteiger partial charge in [-0.1, -0.05) is 18.2 Å². The van der Waals surface area contributed by atoms with Gasteiger partial charge in [0, 0.05) is 32.3 Å². The standard InChI is InChI=1S/C19H17N5O/c20-11-14-4-6-15(7-5-14)12-23-10-8-17-16(13-23)19(25)24(22-17)18-3-1-2-9-21-18/h1-7,9,25H,8,10,12-13H2. The van der Waals surface area contributed by atoms with Crippen LogP contribution in [0.4, 0.5) is 0 Å². The van der Waals surface area contributed by atoms with Crippen LogP contribution in [0.3, 0.4) is 0 Å². The van der Waals surface area contributed by atoms with Gasteiger partial charge in [-0.2, -0.15) is 15.0 Å². The van der Waals surface area contributed by atoms with Gasteiger partial charge in [0.1, 0.15) is 0 Å². The molecule has 0 fully saturated rings. The van der Waals surface area contributed by atoms with E-state index >= 15 is 0 Å². The lowest BCUT2D eigenvalue weighted by Crippen LogP contribution is -2.29. The van der Waals surface area contributed by atoms with Crippen molar-refractivity contribution >= 4 is 0 Å². The number of benzene rings is 1. The Balaban J connectivity index is 1.55. The minimum atomic E-state index is 0.165. The summed E-state index contributed by atoms with van der Waals surface area (Å²) in [5, 5.41) is 24.0. The van der Waals surface area contributed by atoms with Crippen molar-refractivity contribution in [2.75, 3.05) is 6.54 Å². The number of nitrogens with zero attached hydrogens (tertiary/aromatic N) is 5. The van der Waals surface area contributed by atoms with Crippen LogP contribution < -0.4 is 0 Å². The van der Waals surface area contributed by atoms with E-state index in [9.17, 15) is 5.11 Å². The van der Waals surface area contributed by atoms with Gasteiger partial charge in [0.05, 0.1) is 22.9 Å². The third-order valence-corrected chi connectivity index (χ3v) is 4.44. The number of hydrogen-bond acceptors (Lipinski definition) is 5. The van der Waals surface area contributed by atoms with Crippen LogP contribution in [-0.4, -0.2) is 31.3 Å². The molecule has 0 radical (unpaired) electrons. The Morgan fingerprint density at radius 1 is 1.16 bits per heavy atom. The van der Waals surface area contributed by atoms with E-state index in [1.807, 2.05) is 42.5 Å². The zero-order chi connectivity index (χ0) is 17.2. The fraction of sp³-hybridized carbons (Fsp3) is 0.211. The van der Waals surface area contributed by atoms with Crippen molar-refractivity contribution in [2.45, 2.75) is 19.5 Å². The lowest BCUT2D eigenvalue weighted by Gasteiger charge is -2.26. The van der Waals surface area contributed by atoms with E-state index in [0.29, 0.717) is 17.9 Å². The Morgan fingerprint density at radius 3 is 2.72 bits per heavy atom. The zero-order valence-electron chi connectivity index (χ0n) is 13.6. The second kappa shape index (κ2) is 6.38. The summed E-state index contributed by atoms with van der Waals surface area (Å²) in [5.41, 5.74) is 3.61. The molecule has 0 atom stereocenters. The second-order valence-electron chi connectivity index (χ2n) is 6.12. The van der Waals surface area contributed by atoms with Gasteiger partial charge in [-0.3, -0.25) is 4.90 Å². The first-order valence-corrected chi connectivity index (χ1v) is 8.17. The Morgan fingerprint density at radius 2 is 2.00 bits per heavy atom. The number of pyridine rings is 1. The second-order valence-corrected chi connectivity index (χ2v) is 6.12. The minimum Gasteiger partial charge on any atom is -0.493 e. The fourth-order valence-corrected chi connectivity index (χ4v) is 3.13. The van der Waals surface area contributed by atoms with Crippen molar-refractivity contribution < 1.29 is 5.11 Å². The summed E-state index contributed by atoms with van der Waals surface area (Å²) in [5.74, 6) is 0.784. The lowest BCUT2D eigenvalue weighted by atomic mass is 10.1. The van der Waals surface area contributed by atoms with Crippen molar-refractivity contribution in [3.63, 3.8) is 0 Å². The fourth-order valence-electron chi connectivity index (χ4n) is 3.13. The lowest BCUT2D eigenvalue weighted by molar-refractivity contribution is 0.241. The quantitative estimate of drug-likeness (QED) is 0.797. The number of aromatic nitrogens is 3. The molecule has 0 bridgehead atoms. The maximum Gasteiger partial charge on any atom is 0.220 e. The highest BCUT2D eigenvalue weighted by Gasteiger charge is 2.25. The number of nitriles is 1. The highest BCUT2D eigenvalue weighted by Crippen LogP contribution is 2.29. The average Bonchev–Trinajstić information content (AvgIpc) is 2.99. The molecule has 25 heavy (non-hydrogen) atoms. The first-order chi connectivity index (χ1) is 12.2. The van der Waals surface area contributed by atoms with Crippen LogP contribution in [0, 0.1) is 11.3 Å². The Bertz CT molecular complexity index is 925. The van der Waals surface area contributed by atoms with E-state index in [1.54, 1.807) is 6.20 Å². The normalized spacial score (nSPS) is 14.0. The molecule has 0 saturated carbocycles. The van der Waals surface area contributed by atoms with E-state index in [-0.39, 0.29) is 5.88 Å². The number of rotatable bonds is 3. The molecule has 1 aromatic carbocycles. The van der Waals surface area contributed by atoms with Gasteiger partial charge < -0.3 is 5.11 Å². The predicted molar refractivity (Wildman–Crippen MR) is 92.0 cm³/mol. The smallest absolute Gasteiger partial charge is 0.220 e. The topological polar surface area (TPSA) is 78.0 Å².